The maximum atomic E-state index is 12.2. The maximum absolute atomic E-state index is 12.2. The fourth-order valence-corrected chi connectivity index (χ4v) is 6.06. The second-order valence-electron chi connectivity index (χ2n) is 13.7. The zero-order chi connectivity index (χ0) is 40.7. The molecule has 0 aromatic heterocycles. The van der Waals surface area contributed by atoms with Gasteiger partial charge in [0.25, 0.3) is 0 Å². The molecule has 6 heterocycles. The van der Waals surface area contributed by atoms with E-state index in [1.165, 1.54) is 13.8 Å². The molecule has 0 spiro atoms. The molecule has 0 saturated carbocycles. The second-order valence-corrected chi connectivity index (χ2v) is 13.7. The minimum absolute atomic E-state index is 0. The molecule has 6 saturated heterocycles. The third-order valence-corrected chi connectivity index (χ3v) is 8.69. The Kier molecular flexibility index (Phi) is 32.8. The molecule has 3 radical (unpaired) electrons. The first-order valence-electron chi connectivity index (χ1n) is 19.5. The third kappa shape index (κ3) is 24.9. The van der Waals surface area contributed by atoms with Gasteiger partial charge in [0.2, 0.25) is 0 Å². The van der Waals surface area contributed by atoms with Crippen LogP contribution in [0.4, 0.5) is 0 Å². The van der Waals surface area contributed by atoms with E-state index in [1.54, 1.807) is 0 Å². The summed E-state index contributed by atoms with van der Waals surface area (Å²) in [4.78, 5) is 16.7. The number of hydrogen-bond donors (Lipinski definition) is 8. The smallest absolute Gasteiger partial charge is 0.863 e. The minimum atomic E-state index is -1.17. The van der Waals surface area contributed by atoms with Crippen molar-refractivity contribution in [1.82, 2.24) is 21.3 Å². The average molecular weight is 984 g/mol. The van der Waals surface area contributed by atoms with Crippen LogP contribution in [0.1, 0.15) is 52.4 Å². The molecule has 6 rings (SSSR count). The number of hydrogen-bond acceptors (Lipinski definition) is 16. The van der Waals surface area contributed by atoms with Gasteiger partial charge in [-0.25, -0.2) is 0 Å². The van der Waals surface area contributed by atoms with Crippen LogP contribution in [-0.4, -0.2) is 184 Å². The molecule has 0 aliphatic carbocycles. The van der Waals surface area contributed by atoms with Crippen LogP contribution in [0.2, 0.25) is 0 Å². The number of aliphatic hydroxyl groups excluding tert-OH is 2. The van der Waals surface area contributed by atoms with Gasteiger partial charge in [-0.1, -0.05) is 60.6 Å². The van der Waals surface area contributed by atoms with E-state index in [1.807, 2.05) is 0 Å². The van der Waals surface area contributed by atoms with Gasteiger partial charge in [0, 0.05) is 34.1 Å². The standard InChI is InChI=1S/2C15H26N7O2.2C2H6O2.3Cu/c2*23-14(10-8-16-4-6-18-10)21-12-2-1-3-13(20-12)22-15(24)11-9-17-5-7-19-11;2*1-2(3)4;;;/h2*10-13,16-17H,1-9H2,(H,21,23)(H,22,24);2*2-4H,1H3;;;/q2*-3;;;;;+2/p-4. The van der Waals surface area contributed by atoms with Crippen molar-refractivity contribution < 1.29 is 92.1 Å². The molecule has 8 atom stereocenters. The number of piperazine rings is 4. The molecule has 59 heavy (non-hydrogen) atoms. The van der Waals surface area contributed by atoms with Crippen LogP contribution < -0.4 is 41.7 Å². The number of nitrogens with zero attached hydrogens (tertiary/aromatic N) is 10. The fraction of sp³-hybridized carbons (Fsp3) is 0.882. The van der Waals surface area contributed by atoms with Crippen molar-refractivity contribution in [2.75, 3.05) is 78.5 Å². The summed E-state index contributed by atoms with van der Waals surface area (Å²) in [6, 6.07) is -1.61. The van der Waals surface area contributed by atoms with Gasteiger partial charge in [0.1, 0.15) is 12.6 Å². The molecule has 0 bridgehead atoms. The summed E-state index contributed by atoms with van der Waals surface area (Å²) in [6.07, 6.45) is 0.626. The summed E-state index contributed by atoms with van der Waals surface area (Å²) in [5.41, 5.74) is 0. The van der Waals surface area contributed by atoms with E-state index in [0.29, 0.717) is 52.4 Å². The van der Waals surface area contributed by atoms with Crippen molar-refractivity contribution in [3.8, 4) is 0 Å². The molecule has 6 aliphatic rings. The number of piperidine rings is 2. The van der Waals surface area contributed by atoms with Crippen molar-refractivity contribution in [3.63, 3.8) is 0 Å². The van der Waals surface area contributed by atoms with Crippen LogP contribution in [0.15, 0.2) is 20.0 Å². The third-order valence-electron chi connectivity index (χ3n) is 8.69. The second kappa shape index (κ2) is 33.4. The molecule has 0 amide bonds. The summed E-state index contributed by atoms with van der Waals surface area (Å²) in [7, 11) is 0. The van der Waals surface area contributed by atoms with Gasteiger partial charge >= 0.3 is 17.1 Å². The van der Waals surface area contributed by atoms with Crippen LogP contribution in [0.25, 0.3) is 31.9 Å². The van der Waals surface area contributed by atoms with Gasteiger partial charge in [-0.2, -0.15) is 0 Å². The monoisotopic (exact) mass is 981 g/mol. The van der Waals surface area contributed by atoms with Crippen molar-refractivity contribution >= 4 is 23.6 Å². The van der Waals surface area contributed by atoms with Gasteiger partial charge in [0.15, 0.2) is 0 Å². The van der Waals surface area contributed by atoms with Crippen molar-refractivity contribution in [3.05, 3.63) is 31.9 Å². The first-order chi connectivity index (χ1) is 26.9. The number of rotatable bonds is 8. The quantitative estimate of drug-likeness (QED) is 0.0494. The van der Waals surface area contributed by atoms with Crippen molar-refractivity contribution in [2.45, 2.75) is 114 Å². The van der Waals surface area contributed by atoms with Crippen LogP contribution >= 0.6 is 0 Å². The maximum Gasteiger partial charge on any atom is 2.00 e. The van der Waals surface area contributed by atoms with Crippen LogP contribution in [0.5, 0.6) is 0 Å². The SMILES string of the molecule is CC(O)O.CC(O)O.[Cu+2].[Cu].[Cu].[O-]C(=NC1CCCC(/N=C(\[O-])C2CNCC[N-]2)[N-]1)C1CNCC[N-]1.[O-]C(=NC1CCCC(/N=C(\[O-])C2CNCC[N-]2)[N-]1)C1CNCC[N-]1. The Balaban J connectivity index is 0.000000925. The van der Waals surface area contributed by atoms with Crippen molar-refractivity contribution in [2.24, 2.45) is 20.0 Å². The Morgan fingerprint density at radius 2 is 0.678 bits per heavy atom. The van der Waals surface area contributed by atoms with Crippen LogP contribution in [-0.2, 0) is 51.2 Å². The largest absolute Gasteiger partial charge is 2.00 e. The Morgan fingerprint density at radius 1 is 0.475 bits per heavy atom. The van der Waals surface area contributed by atoms with Crippen LogP contribution in [0, 0.1) is 0 Å². The van der Waals surface area contributed by atoms with Crippen LogP contribution in [0.3, 0.4) is 0 Å². The minimum Gasteiger partial charge on any atom is -0.863 e. The molecule has 0 aromatic rings. The molecule has 6 fully saturated rings. The van der Waals surface area contributed by atoms with E-state index in [4.69, 9.17) is 20.4 Å². The predicted molar refractivity (Wildman–Crippen MR) is 207 cm³/mol. The van der Waals surface area contributed by atoms with Gasteiger partial charge in [-0.05, 0) is 117 Å². The summed E-state index contributed by atoms with van der Waals surface area (Å²) in [5.74, 6) is -0.910. The fourth-order valence-electron chi connectivity index (χ4n) is 6.06. The summed E-state index contributed by atoms with van der Waals surface area (Å²) in [5, 5.41) is 118. The summed E-state index contributed by atoms with van der Waals surface area (Å²) in [6.45, 7) is 10.5. The van der Waals surface area contributed by atoms with Gasteiger partial charge in [-0.15, -0.1) is 26.2 Å². The molecule has 25 heteroatoms. The molecule has 355 valence electrons. The molecular formula is C34H60Cu3N14O8-8. The van der Waals surface area contributed by atoms with E-state index in [-0.39, 0.29) is 74.8 Å². The first-order valence-corrected chi connectivity index (χ1v) is 19.5. The number of nitrogens with one attached hydrogen (secondary N) is 4. The van der Waals surface area contributed by atoms with E-state index in [2.05, 4.69) is 73.1 Å². The topological polar surface area (TPSA) is 355 Å². The molecule has 8 N–H and O–H groups in total. The van der Waals surface area contributed by atoms with Gasteiger partial charge < -0.3 is 114 Å². The first kappa shape index (κ1) is 57.9. The summed E-state index contributed by atoms with van der Waals surface area (Å²) < 4.78 is 0. The zero-order valence-corrected chi connectivity index (χ0v) is 36.1. The zero-order valence-electron chi connectivity index (χ0n) is 33.3. The number of aliphatic hydroxyl groups is 4. The summed E-state index contributed by atoms with van der Waals surface area (Å²) >= 11 is 0. The van der Waals surface area contributed by atoms with E-state index in [9.17, 15) is 20.4 Å². The normalized spacial score (nSPS) is 30.9. The Morgan fingerprint density at radius 3 is 0.847 bits per heavy atom. The Hall–Kier alpha value is -1.12. The molecule has 6 aliphatic heterocycles. The van der Waals surface area contributed by atoms with E-state index in [0.717, 1.165) is 64.7 Å². The Labute approximate surface area is 379 Å². The average Bonchev–Trinajstić information content (AvgIpc) is 3.19. The van der Waals surface area contributed by atoms with Crippen molar-refractivity contribution in [1.29, 1.82) is 0 Å². The van der Waals surface area contributed by atoms with E-state index < -0.39 is 61.4 Å². The number of aliphatic imine (C=N–C) groups is 4. The molecule has 0 aromatic carbocycles. The van der Waals surface area contributed by atoms with Gasteiger partial charge in [0.05, 0.1) is 0 Å². The van der Waals surface area contributed by atoms with Gasteiger partial charge in [-0.3, -0.25) is 0 Å². The Bertz CT molecular complexity index is 1030. The van der Waals surface area contributed by atoms with E-state index >= 15 is 0 Å². The molecule has 22 nitrogen and oxygen atoms in total. The predicted octanol–water partition coefficient (Wildman–Crippen LogP) is -4.56. The molecule has 8 unspecified atom stereocenters. The molecular weight excluding hydrogens is 923 g/mol.